The number of unbranched alkanes of at least 4 members (excludes halogenated alkanes) is 4. The fourth-order valence-electron chi connectivity index (χ4n) is 6.44. The molecule has 2 aliphatic rings. The van der Waals surface area contributed by atoms with Gasteiger partial charge in [-0.1, -0.05) is 53.4 Å². The molecule has 5 heterocycles. The smallest absolute Gasteiger partial charge is 0.346 e. The van der Waals surface area contributed by atoms with Crippen LogP contribution in [-0.2, 0) is 30.5 Å². The van der Waals surface area contributed by atoms with Crippen molar-refractivity contribution in [1.29, 1.82) is 5.26 Å². The second kappa shape index (κ2) is 15.7. The van der Waals surface area contributed by atoms with Crippen molar-refractivity contribution in [2.45, 2.75) is 105 Å². The summed E-state index contributed by atoms with van der Waals surface area (Å²) in [6.07, 6.45) is 21.7. The van der Waals surface area contributed by atoms with E-state index in [2.05, 4.69) is 74.1 Å². The molecule has 7 nitrogen and oxygen atoms in total. The molecule has 0 amide bonds. The fourth-order valence-corrected chi connectivity index (χ4v) is 6.44. The second-order valence-corrected chi connectivity index (χ2v) is 12.5. The molecule has 0 saturated carbocycles. The molecular weight excluding hydrogens is 582 g/mol. The van der Waals surface area contributed by atoms with Gasteiger partial charge in [0.05, 0.1) is 28.3 Å². The molecule has 2 aliphatic heterocycles. The number of nitrogens with one attached hydrogen (secondary N) is 2. The SMILES string of the molecule is CCCCc1c2nc(c(CCCC)c3ccc([nH]3)c(CCCC)c3cc(/C=C(/C#N)C(=O)O)c([nH]3)c(CCCC)c3nc1C=C3)C=C2. The molecule has 7 heteroatoms. The molecule has 0 unspecified atom stereocenters. The van der Waals surface area contributed by atoms with Gasteiger partial charge in [-0.05, 0) is 106 Å². The van der Waals surface area contributed by atoms with Crippen LogP contribution in [0.2, 0.25) is 0 Å². The van der Waals surface area contributed by atoms with Crippen LogP contribution >= 0.6 is 0 Å². The van der Waals surface area contributed by atoms with Crippen molar-refractivity contribution < 1.29 is 9.90 Å². The Kier molecular flexibility index (Phi) is 11.3. The van der Waals surface area contributed by atoms with E-state index in [1.807, 2.05) is 12.1 Å². The van der Waals surface area contributed by atoms with Gasteiger partial charge in [0.25, 0.3) is 0 Å². The van der Waals surface area contributed by atoms with Crippen LogP contribution in [0.4, 0.5) is 0 Å². The van der Waals surface area contributed by atoms with E-state index in [1.165, 1.54) is 11.6 Å². The molecule has 5 rings (SSSR count). The molecule has 0 atom stereocenters. The summed E-state index contributed by atoms with van der Waals surface area (Å²) in [6.45, 7) is 8.78. The van der Waals surface area contributed by atoms with E-state index in [4.69, 9.17) is 9.97 Å². The van der Waals surface area contributed by atoms with E-state index in [0.717, 1.165) is 139 Å². The maximum atomic E-state index is 12.0. The highest BCUT2D eigenvalue weighted by atomic mass is 16.4. The molecule has 0 spiro atoms. The number of fused-ring (bicyclic) bond motifs is 8. The third-order valence-electron chi connectivity index (χ3n) is 9.10. The average Bonchev–Trinajstić information content (AvgIpc) is 3.89. The number of H-pyrrole nitrogens is 2. The van der Waals surface area contributed by atoms with Gasteiger partial charge in [-0.2, -0.15) is 5.26 Å². The molecular formula is C40H47N5O2. The van der Waals surface area contributed by atoms with Crippen LogP contribution in [0.3, 0.4) is 0 Å². The lowest BCUT2D eigenvalue weighted by Gasteiger charge is -2.06. The Morgan fingerprint density at radius 2 is 1.17 bits per heavy atom. The van der Waals surface area contributed by atoms with Crippen molar-refractivity contribution in [3.8, 4) is 6.07 Å². The van der Waals surface area contributed by atoms with Crippen molar-refractivity contribution in [2.24, 2.45) is 0 Å². The number of aromatic amines is 2. The molecule has 244 valence electrons. The summed E-state index contributed by atoms with van der Waals surface area (Å²) in [7, 11) is 0. The number of aryl methyl sites for hydroxylation is 3. The summed E-state index contributed by atoms with van der Waals surface area (Å²) in [5.74, 6) is -1.24. The van der Waals surface area contributed by atoms with Gasteiger partial charge < -0.3 is 15.1 Å². The molecule has 3 aromatic rings. The maximum Gasteiger partial charge on any atom is 0.346 e. The summed E-state index contributed by atoms with van der Waals surface area (Å²) in [6, 6.07) is 8.23. The van der Waals surface area contributed by atoms with E-state index >= 15 is 0 Å². The molecule has 0 aromatic carbocycles. The molecule has 0 radical (unpaired) electrons. The van der Waals surface area contributed by atoms with Gasteiger partial charge >= 0.3 is 5.97 Å². The van der Waals surface area contributed by atoms with Crippen molar-refractivity contribution >= 4 is 58.4 Å². The van der Waals surface area contributed by atoms with Gasteiger partial charge in [0.15, 0.2) is 0 Å². The van der Waals surface area contributed by atoms with E-state index in [-0.39, 0.29) is 5.57 Å². The van der Waals surface area contributed by atoms with Crippen LogP contribution in [-0.4, -0.2) is 31.0 Å². The lowest BCUT2D eigenvalue weighted by molar-refractivity contribution is -0.132. The van der Waals surface area contributed by atoms with Crippen LogP contribution in [0.5, 0.6) is 0 Å². The Bertz CT molecular complexity index is 1930. The Labute approximate surface area is 278 Å². The van der Waals surface area contributed by atoms with E-state index in [0.29, 0.717) is 5.56 Å². The van der Waals surface area contributed by atoms with Crippen molar-refractivity contribution in [2.75, 3.05) is 0 Å². The first-order valence-corrected chi connectivity index (χ1v) is 17.4. The molecule has 0 saturated heterocycles. The number of hydrogen-bond acceptors (Lipinski definition) is 4. The summed E-state index contributed by atoms with van der Waals surface area (Å²) >= 11 is 0. The molecule has 0 fully saturated rings. The Morgan fingerprint density at radius 3 is 1.70 bits per heavy atom. The number of carboxylic acid groups (broad SMARTS) is 1. The van der Waals surface area contributed by atoms with Crippen molar-refractivity contribution in [3.05, 3.63) is 74.4 Å². The van der Waals surface area contributed by atoms with Crippen molar-refractivity contribution in [1.82, 2.24) is 19.9 Å². The van der Waals surface area contributed by atoms with Gasteiger partial charge in [-0.25, -0.2) is 14.8 Å². The molecule has 3 aromatic heterocycles. The number of carbonyl (C=O) groups is 1. The Morgan fingerprint density at radius 1 is 0.702 bits per heavy atom. The normalized spacial score (nSPS) is 12.5. The van der Waals surface area contributed by atoms with Crippen LogP contribution in [0.1, 0.15) is 130 Å². The lowest BCUT2D eigenvalue weighted by Crippen LogP contribution is -1.98. The highest BCUT2D eigenvalue weighted by Crippen LogP contribution is 2.31. The van der Waals surface area contributed by atoms with Gasteiger partial charge in [0.2, 0.25) is 0 Å². The fraction of sp³-hybridized carbons (Fsp3) is 0.400. The Balaban J connectivity index is 2.00. The zero-order valence-corrected chi connectivity index (χ0v) is 28.3. The van der Waals surface area contributed by atoms with Crippen LogP contribution < -0.4 is 0 Å². The number of nitriles is 1. The summed E-state index contributed by atoms with van der Waals surface area (Å²) in [4.78, 5) is 30.0. The third-order valence-corrected chi connectivity index (χ3v) is 9.10. The number of aliphatic carboxylic acids is 1. The largest absolute Gasteiger partial charge is 0.477 e. The molecule has 3 N–H and O–H groups in total. The first-order chi connectivity index (χ1) is 22.9. The van der Waals surface area contributed by atoms with Crippen LogP contribution in [0.15, 0.2) is 23.8 Å². The van der Waals surface area contributed by atoms with Crippen LogP contribution in [0.25, 0.3) is 52.4 Å². The minimum Gasteiger partial charge on any atom is -0.477 e. The second-order valence-electron chi connectivity index (χ2n) is 12.5. The van der Waals surface area contributed by atoms with Gasteiger partial charge in [0.1, 0.15) is 11.6 Å². The molecule has 47 heavy (non-hydrogen) atoms. The highest BCUT2D eigenvalue weighted by molar-refractivity contribution is 5.99. The van der Waals surface area contributed by atoms with E-state index in [1.54, 1.807) is 0 Å². The first-order valence-electron chi connectivity index (χ1n) is 17.4. The number of aromatic nitrogens is 4. The van der Waals surface area contributed by atoms with Crippen LogP contribution in [0, 0.1) is 11.3 Å². The lowest BCUT2D eigenvalue weighted by atomic mass is 10.0. The highest BCUT2D eigenvalue weighted by Gasteiger charge is 2.18. The topological polar surface area (TPSA) is 118 Å². The predicted molar refractivity (Wildman–Crippen MR) is 195 cm³/mol. The van der Waals surface area contributed by atoms with Crippen molar-refractivity contribution in [3.63, 3.8) is 0 Å². The minimum atomic E-state index is -1.24. The monoisotopic (exact) mass is 629 g/mol. The predicted octanol–water partition coefficient (Wildman–Crippen LogP) is 10.0. The zero-order chi connectivity index (χ0) is 33.3. The standard InChI is InChI=1S/C40H47N5O2/c1-5-9-13-28-32-17-18-33(42-32)29(14-10-6-2)35-21-22-37(44-35)31(16-12-8-4)39-26(23-27(25-41)40(46)47)24-38(45-39)30(15-11-7-3)36-20-19-34(28)43-36/h17-24,43,45H,5-16H2,1-4H3,(H,46,47)/b27-23-,32-28?,33-29?,34-28?,35-29?,36-30?,37-31?,38-30?,39-31?. The Hall–Kier alpha value is -4.70. The maximum absolute atomic E-state index is 12.0. The van der Waals surface area contributed by atoms with Gasteiger partial charge in [-0.3, -0.25) is 0 Å². The van der Waals surface area contributed by atoms with Gasteiger partial charge in [0, 0.05) is 38.8 Å². The molecule has 0 aliphatic carbocycles. The third kappa shape index (κ3) is 7.49. The quantitative estimate of drug-likeness (QED) is 0.0834. The average molecular weight is 630 g/mol. The number of nitrogens with zero attached hydrogens (tertiary/aromatic N) is 3. The summed E-state index contributed by atoms with van der Waals surface area (Å²) in [5.41, 5.74) is 12.5. The van der Waals surface area contributed by atoms with E-state index in [9.17, 15) is 15.2 Å². The number of hydrogen-bond donors (Lipinski definition) is 3. The summed E-state index contributed by atoms with van der Waals surface area (Å²) < 4.78 is 0. The van der Waals surface area contributed by atoms with E-state index < -0.39 is 5.97 Å². The zero-order valence-electron chi connectivity index (χ0n) is 28.3. The number of rotatable bonds is 14. The molecule has 8 bridgehead atoms. The summed E-state index contributed by atoms with van der Waals surface area (Å²) in [5, 5.41) is 19.5. The number of carboxylic acids is 1. The van der Waals surface area contributed by atoms with Gasteiger partial charge in [-0.15, -0.1) is 0 Å². The minimum absolute atomic E-state index is 0.297. The first kappa shape index (κ1) is 33.7.